The first-order chi connectivity index (χ1) is 10.7. The Bertz CT molecular complexity index is 668. The van der Waals surface area contributed by atoms with Gasteiger partial charge in [-0.05, 0) is 39.0 Å². The van der Waals surface area contributed by atoms with Crippen molar-refractivity contribution < 1.29 is 17.9 Å². The molecule has 0 aliphatic carbocycles. The average Bonchev–Trinajstić information content (AvgIpc) is 2.46. The molecule has 0 saturated carbocycles. The normalized spacial score (nSPS) is 18.5. The minimum Gasteiger partial charge on any atom is -0.366 e. The highest BCUT2D eigenvalue weighted by Crippen LogP contribution is 2.18. The Balaban J connectivity index is 0.00000288. The Morgan fingerprint density at radius 2 is 2.04 bits per heavy atom. The van der Waals surface area contributed by atoms with Crippen LogP contribution in [0.3, 0.4) is 0 Å². The number of hydrogen-bond acceptors (Lipinski definition) is 5. The van der Waals surface area contributed by atoms with E-state index in [0.29, 0.717) is 18.8 Å². The Morgan fingerprint density at radius 1 is 1.33 bits per heavy atom. The molecule has 0 bridgehead atoms. The van der Waals surface area contributed by atoms with Crippen LogP contribution >= 0.6 is 12.4 Å². The van der Waals surface area contributed by atoms with Crippen LogP contribution in [0.1, 0.15) is 20.8 Å². The molecular formula is C15H24ClN3O4S. The lowest BCUT2D eigenvalue weighted by atomic mass is 10.1. The molecule has 1 unspecified atom stereocenters. The van der Waals surface area contributed by atoms with Crippen molar-refractivity contribution in [2.75, 3.05) is 25.0 Å². The number of amides is 1. The highest BCUT2D eigenvalue weighted by molar-refractivity contribution is 7.89. The molecule has 1 heterocycles. The van der Waals surface area contributed by atoms with E-state index < -0.39 is 21.7 Å². The van der Waals surface area contributed by atoms with E-state index in [1.807, 2.05) is 0 Å². The third-order valence-electron chi connectivity index (χ3n) is 3.07. The molecule has 1 saturated heterocycles. The van der Waals surface area contributed by atoms with Crippen LogP contribution in [0.25, 0.3) is 0 Å². The predicted molar refractivity (Wildman–Crippen MR) is 95.0 cm³/mol. The Morgan fingerprint density at radius 3 is 2.62 bits per heavy atom. The van der Waals surface area contributed by atoms with Gasteiger partial charge in [0.1, 0.15) is 6.10 Å². The summed E-state index contributed by atoms with van der Waals surface area (Å²) in [6.45, 7) is 6.93. The molecule has 0 aromatic heterocycles. The van der Waals surface area contributed by atoms with Gasteiger partial charge in [0, 0.05) is 24.3 Å². The van der Waals surface area contributed by atoms with Gasteiger partial charge in [-0.15, -0.1) is 12.4 Å². The summed E-state index contributed by atoms with van der Waals surface area (Å²) in [6.07, 6.45) is -0.572. The van der Waals surface area contributed by atoms with Gasteiger partial charge in [0.05, 0.1) is 11.5 Å². The van der Waals surface area contributed by atoms with Crippen LogP contribution in [-0.2, 0) is 19.6 Å². The Kier molecular flexibility index (Phi) is 7.18. The second kappa shape index (κ2) is 8.26. The van der Waals surface area contributed by atoms with E-state index >= 15 is 0 Å². The van der Waals surface area contributed by atoms with Gasteiger partial charge in [-0.2, -0.15) is 0 Å². The zero-order chi connectivity index (χ0) is 17.1. The van der Waals surface area contributed by atoms with Crippen molar-refractivity contribution in [1.29, 1.82) is 0 Å². The highest BCUT2D eigenvalue weighted by atomic mass is 35.5. The molecule has 1 aromatic rings. The molecule has 9 heteroatoms. The smallest absolute Gasteiger partial charge is 0.254 e. The van der Waals surface area contributed by atoms with Gasteiger partial charge < -0.3 is 15.4 Å². The zero-order valence-electron chi connectivity index (χ0n) is 14.0. The molecular weight excluding hydrogens is 354 g/mol. The van der Waals surface area contributed by atoms with Crippen molar-refractivity contribution in [3.63, 3.8) is 0 Å². The van der Waals surface area contributed by atoms with Gasteiger partial charge in [0.15, 0.2) is 0 Å². The standard InChI is InChI=1S/C15H23N3O4S.ClH/c1-15(2,3)18-23(20,21)12-6-4-5-11(9-12)17-14(19)13-10-16-7-8-22-13;/h4-6,9,13,16,18H,7-8,10H2,1-3H3,(H,17,19);1H. The lowest BCUT2D eigenvalue weighted by Gasteiger charge is -2.23. The van der Waals surface area contributed by atoms with Crippen LogP contribution in [0.5, 0.6) is 0 Å². The monoisotopic (exact) mass is 377 g/mol. The number of nitrogens with one attached hydrogen (secondary N) is 3. The molecule has 1 fully saturated rings. The van der Waals surface area contributed by atoms with Gasteiger partial charge in [0.2, 0.25) is 10.0 Å². The molecule has 136 valence electrons. The topological polar surface area (TPSA) is 96.5 Å². The fourth-order valence-electron chi connectivity index (χ4n) is 2.16. The van der Waals surface area contributed by atoms with E-state index in [0.717, 1.165) is 6.54 Å². The van der Waals surface area contributed by atoms with E-state index in [-0.39, 0.29) is 23.2 Å². The first-order valence-corrected chi connectivity index (χ1v) is 8.93. The summed E-state index contributed by atoms with van der Waals surface area (Å²) in [5.74, 6) is -0.296. The van der Waals surface area contributed by atoms with E-state index in [9.17, 15) is 13.2 Å². The number of anilines is 1. The van der Waals surface area contributed by atoms with Crippen LogP contribution < -0.4 is 15.4 Å². The number of benzene rings is 1. The molecule has 1 atom stereocenters. The minimum atomic E-state index is -3.65. The fraction of sp³-hybridized carbons (Fsp3) is 0.533. The van der Waals surface area contributed by atoms with Crippen LogP contribution in [0.2, 0.25) is 0 Å². The molecule has 24 heavy (non-hydrogen) atoms. The SMILES string of the molecule is CC(C)(C)NS(=O)(=O)c1cccc(NC(=O)C2CNCCO2)c1.Cl. The van der Waals surface area contributed by atoms with Gasteiger partial charge in [-0.25, -0.2) is 13.1 Å². The number of halogens is 1. The lowest BCUT2D eigenvalue weighted by Crippen LogP contribution is -2.45. The van der Waals surface area contributed by atoms with E-state index in [4.69, 9.17) is 4.74 Å². The minimum absolute atomic E-state index is 0. The molecule has 0 spiro atoms. The molecule has 7 nitrogen and oxygen atoms in total. The zero-order valence-corrected chi connectivity index (χ0v) is 15.6. The number of hydrogen-bond donors (Lipinski definition) is 3. The third-order valence-corrected chi connectivity index (χ3v) is 4.83. The maximum absolute atomic E-state index is 12.3. The summed E-state index contributed by atoms with van der Waals surface area (Å²) in [6, 6.07) is 6.15. The van der Waals surface area contributed by atoms with Crippen LogP contribution in [0.15, 0.2) is 29.2 Å². The predicted octanol–water partition coefficient (Wildman–Crippen LogP) is 1.11. The van der Waals surface area contributed by atoms with Crippen LogP contribution in [0, 0.1) is 0 Å². The summed E-state index contributed by atoms with van der Waals surface area (Å²) in [5.41, 5.74) is -0.166. The number of ether oxygens (including phenoxy) is 1. The largest absolute Gasteiger partial charge is 0.366 e. The summed E-state index contributed by atoms with van der Waals surface area (Å²) < 4.78 is 32.6. The average molecular weight is 378 g/mol. The Labute approximate surface area is 149 Å². The van der Waals surface area contributed by atoms with Crippen LogP contribution in [-0.4, -0.2) is 45.7 Å². The number of morpholine rings is 1. The molecule has 3 N–H and O–H groups in total. The number of sulfonamides is 1. The van der Waals surface area contributed by atoms with Crippen molar-refractivity contribution in [1.82, 2.24) is 10.0 Å². The van der Waals surface area contributed by atoms with Gasteiger partial charge in [0.25, 0.3) is 5.91 Å². The fourth-order valence-corrected chi connectivity index (χ4v) is 3.62. The number of carbonyl (C=O) groups excluding carboxylic acids is 1. The first kappa shape index (κ1) is 20.9. The van der Waals surface area contributed by atoms with E-state index in [1.165, 1.54) is 12.1 Å². The van der Waals surface area contributed by atoms with Crippen molar-refractivity contribution in [2.24, 2.45) is 0 Å². The molecule has 1 aromatic carbocycles. The van der Waals surface area contributed by atoms with Crippen molar-refractivity contribution >= 4 is 34.0 Å². The van der Waals surface area contributed by atoms with Gasteiger partial charge in [-0.1, -0.05) is 6.07 Å². The molecule has 1 aliphatic rings. The van der Waals surface area contributed by atoms with E-state index in [1.54, 1.807) is 32.9 Å². The first-order valence-electron chi connectivity index (χ1n) is 7.45. The summed E-state index contributed by atoms with van der Waals surface area (Å²) in [5, 5.41) is 5.76. The summed E-state index contributed by atoms with van der Waals surface area (Å²) >= 11 is 0. The quantitative estimate of drug-likeness (QED) is 0.730. The maximum atomic E-state index is 12.3. The van der Waals surface area contributed by atoms with Gasteiger partial charge in [-0.3, -0.25) is 4.79 Å². The highest BCUT2D eigenvalue weighted by Gasteiger charge is 2.24. The molecule has 1 amide bonds. The summed E-state index contributed by atoms with van der Waals surface area (Å²) in [4.78, 5) is 12.2. The number of carbonyl (C=O) groups is 1. The lowest BCUT2D eigenvalue weighted by molar-refractivity contribution is -0.128. The number of rotatable bonds is 4. The van der Waals surface area contributed by atoms with Gasteiger partial charge >= 0.3 is 0 Å². The molecule has 0 radical (unpaired) electrons. The van der Waals surface area contributed by atoms with Crippen molar-refractivity contribution in [3.05, 3.63) is 24.3 Å². The van der Waals surface area contributed by atoms with Crippen molar-refractivity contribution in [3.8, 4) is 0 Å². The Hall–Kier alpha value is -1.19. The van der Waals surface area contributed by atoms with E-state index in [2.05, 4.69) is 15.4 Å². The second-order valence-electron chi connectivity index (χ2n) is 6.44. The maximum Gasteiger partial charge on any atom is 0.254 e. The molecule has 2 rings (SSSR count). The van der Waals surface area contributed by atoms with Crippen molar-refractivity contribution in [2.45, 2.75) is 37.3 Å². The summed E-state index contributed by atoms with van der Waals surface area (Å²) in [7, 11) is -3.65. The second-order valence-corrected chi connectivity index (χ2v) is 8.12. The third kappa shape index (κ3) is 6.03. The molecule has 1 aliphatic heterocycles. The van der Waals surface area contributed by atoms with Crippen LogP contribution in [0.4, 0.5) is 5.69 Å².